The fourth-order valence-electron chi connectivity index (χ4n) is 1.10. The van der Waals surface area contributed by atoms with Crippen LogP contribution in [0.4, 0.5) is 0 Å². The summed E-state index contributed by atoms with van der Waals surface area (Å²) in [7, 11) is -3.59. The van der Waals surface area contributed by atoms with Crippen molar-refractivity contribution in [2.45, 2.75) is 25.0 Å². The van der Waals surface area contributed by atoms with Crippen molar-refractivity contribution in [2.75, 3.05) is 6.54 Å². The Labute approximate surface area is 94.8 Å². The molecular formula is C10H15NO4S. The van der Waals surface area contributed by atoms with Gasteiger partial charge in [-0.1, -0.05) is 12.2 Å². The van der Waals surface area contributed by atoms with Gasteiger partial charge >= 0.3 is 0 Å². The number of aliphatic hydroxyl groups is 1. The summed E-state index contributed by atoms with van der Waals surface area (Å²) >= 11 is 0. The van der Waals surface area contributed by atoms with Gasteiger partial charge in [-0.2, -0.15) is 0 Å². The smallest absolute Gasteiger partial charge is 0.273 e. The highest BCUT2D eigenvalue weighted by Crippen LogP contribution is 2.13. The lowest BCUT2D eigenvalue weighted by molar-refractivity contribution is 0.236. The maximum absolute atomic E-state index is 11.6. The Morgan fingerprint density at radius 1 is 1.50 bits per heavy atom. The van der Waals surface area contributed by atoms with Crippen LogP contribution in [0.5, 0.6) is 0 Å². The van der Waals surface area contributed by atoms with Crippen molar-refractivity contribution in [1.29, 1.82) is 0 Å². The Kier molecular flexibility index (Phi) is 4.72. The molecule has 1 aromatic rings. The molecule has 1 rings (SSSR count). The molecule has 5 nitrogen and oxygen atoms in total. The zero-order valence-electron chi connectivity index (χ0n) is 9.01. The topological polar surface area (TPSA) is 79.5 Å². The van der Waals surface area contributed by atoms with Crippen molar-refractivity contribution in [2.24, 2.45) is 0 Å². The minimum Gasteiger partial charge on any atom is -0.446 e. The second-order valence-corrected chi connectivity index (χ2v) is 4.83. The Balaban J connectivity index is 2.63. The van der Waals surface area contributed by atoms with E-state index in [2.05, 4.69) is 4.72 Å². The average molecular weight is 245 g/mol. The lowest BCUT2D eigenvalue weighted by atomic mass is 10.4. The van der Waals surface area contributed by atoms with Crippen molar-refractivity contribution < 1.29 is 17.9 Å². The first-order chi connectivity index (χ1) is 7.60. The highest BCUT2D eigenvalue weighted by atomic mass is 32.2. The number of allylic oxidation sites excluding steroid dienone is 1. The molecule has 0 aromatic carbocycles. The summed E-state index contributed by atoms with van der Waals surface area (Å²) in [6, 6.07) is 2.75. The fourth-order valence-corrected chi connectivity index (χ4v) is 2.09. The Morgan fingerprint density at radius 2 is 2.25 bits per heavy atom. The van der Waals surface area contributed by atoms with Crippen molar-refractivity contribution in [3.05, 3.63) is 30.0 Å². The number of hydrogen-bond acceptors (Lipinski definition) is 4. The zero-order valence-corrected chi connectivity index (χ0v) is 9.83. The largest absolute Gasteiger partial charge is 0.446 e. The Hall–Kier alpha value is -1.11. The first kappa shape index (κ1) is 13.0. The monoisotopic (exact) mass is 245 g/mol. The van der Waals surface area contributed by atoms with Crippen molar-refractivity contribution in [3.63, 3.8) is 0 Å². The molecule has 0 bridgehead atoms. The maximum Gasteiger partial charge on any atom is 0.273 e. The first-order valence-electron chi connectivity index (χ1n) is 4.90. The summed E-state index contributed by atoms with van der Waals surface area (Å²) in [6.07, 6.45) is 4.35. The molecule has 90 valence electrons. The molecule has 0 saturated heterocycles. The lowest BCUT2D eigenvalue weighted by Crippen LogP contribution is -2.24. The molecule has 1 aromatic heterocycles. The number of hydrogen-bond donors (Lipinski definition) is 2. The minimum absolute atomic E-state index is 0.169. The third-order valence-electron chi connectivity index (χ3n) is 1.90. The van der Waals surface area contributed by atoms with E-state index in [4.69, 9.17) is 9.52 Å². The molecule has 0 saturated carbocycles. The van der Waals surface area contributed by atoms with Crippen LogP contribution in [0.25, 0.3) is 0 Å². The van der Waals surface area contributed by atoms with Gasteiger partial charge in [0.1, 0.15) is 12.4 Å². The van der Waals surface area contributed by atoms with Gasteiger partial charge in [-0.3, -0.25) is 0 Å². The van der Waals surface area contributed by atoms with Gasteiger partial charge in [0.2, 0.25) is 5.09 Å². The van der Waals surface area contributed by atoms with Gasteiger partial charge < -0.3 is 9.52 Å². The predicted octanol–water partition coefficient (Wildman–Crippen LogP) is 1.02. The van der Waals surface area contributed by atoms with Crippen LogP contribution >= 0.6 is 0 Å². The first-order valence-corrected chi connectivity index (χ1v) is 6.39. The van der Waals surface area contributed by atoms with Crippen LogP contribution in [0.15, 0.2) is 33.8 Å². The summed E-state index contributed by atoms with van der Waals surface area (Å²) < 4.78 is 30.6. The number of nitrogens with one attached hydrogen (secondary N) is 1. The molecule has 0 aliphatic heterocycles. The van der Waals surface area contributed by atoms with Crippen molar-refractivity contribution in [1.82, 2.24) is 4.72 Å². The Bertz CT molecular complexity index is 447. The van der Waals surface area contributed by atoms with Crippen LogP contribution in [-0.2, 0) is 16.6 Å². The summed E-state index contributed by atoms with van der Waals surface area (Å²) in [5.41, 5.74) is 0. The standard InChI is InChI=1S/C10H15NO4S/c1-2-3-4-7-11-16(13,14)10-6-5-9(8-12)15-10/h2-3,5-6,11-12H,4,7-8H2,1H3/b3-2+. The molecule has 0 radical (unpaired) electrons. The summed E-state index contributed by atoms with van der Waals surface area (Å²) in [5, 5.41) is 8.58. The minimum atomic E-state index is -3.59. The molecule has 0 atom stereocenters. The van der Waals surface area contributed by atoms with Gasteiger partial charge in [0.15, 0.2) is 0 Å². The lowest BCUT2D eigenvalue weighted by Gasteiger charge is -2.01. The van der Waals surface area contributed by atoms with Gasteiger partial charge in [0.05, 0.1) is 0 Å². The quantitative estimate of drug-likeness (QED) is 0.579. The molecule has 0 fully saturated rings. The summed E-state index contributed by atoms with van der Waals surface area (Å²) in [4.78, 5) is 0. The van der Waals surface area contributed by atoms with E-state index in [1.807, 2.05) is 19.1 Å². The second-order valence-electron chi connectivity index (χ2n) is 3.13. The third-order valence-corrected chi connectivity index (χ3v) is 3.23. The molecule has 6 heteroatoms. The van der Waals surface area contributed by atoms with E-state index in [0.717, 1.165) is 0 Å². The third kappa shape index (κ3) is 3.48. The molecule has 0 aliphatic rings. The molecule has 0 amide bonds. The normalized spacial score (nSPS) is 12.4. The number of aliphatic hydroxyl groups excluding tert-OH is 1. The molecule has 1 heterocycles. The predicted molar refractivity (Wildman–Crippen MR) is 59.3 cm³/mol. The van der Waals surface area contributed by atoms with Gasteiger partial charge in [-0.05, 0) is 25.5 Å². The molecule has 2 N–H and O–H groups in total. The van der Waals surface area contributed by atoms with Gasteiger partial charge in [-0.25, -0.2) is 13.1 Å². The van der Waals surface area contributed by atoms with E-state index >= 15 is 0 Å². The van der Waals surface area contributed by atoms with Crippen molar-refractivity contribution >= 4 is 10.0 Å². The number of sulfonamides is 1. The van der Waals surface area contributed by atoms with Crippen LogP contribution in [-0.4, -0.2) is 20.1 Å². The zero-order chi connectivity index (χ0) is 12.0. The number of furan rings is 1. The van der Waals surface area contributed by atoms with E-state index in [-0.39, 0.29) is 17.5 Å². The van der Waals surface area contributed by atoms with Crippen LogP contribution in [0.3, 0.4) is 0 Å². The molecule has 0 unspecified atom stereocenters. The molecule has 0 spiro atoms. The SMILES string of the molecule is C/C=C/CCNS(=O)(=O)c1ccc(CO)o1. The van der Waals surface area contributed by atoms with E-state index < -0.39 is 10.0 Å². The van der Waals surface area contributed by atoms with Gasteiger partial charge in [0, 0.05) is 6.54 Å². The van der Waals surface area contributed by atoms with E-state index in [9.17, 15) is 8.42 Å². The van der Waals surface area contributed by atoms with E-state index in [1.165, 1.54) is 12.1 Å². The molecular weight excluding hydrogens is 230 g/mol. The van der Waals surface area contributed by atoms with Gasteiger partial charge in [-0.15, -0.1) is 0 Å². The fraction of sp³-hybridized carbons (Fsp3) is 0.400. The molecule has 16 heavy (non-hydrogen) atoms. The van der Waals surface area contributed by atoms with Crippen LogP contribution in [0, 0.1) is 0 Å². The van der Waals surface area contributed by atoms with Crippen LogP contribution < -0.4 is 4.72 Å². The van der Waals surface area contributed by atoms with Crippen LogP contribution in [0.2, 0.25) is 0 Å². The molecule has 0 aliphatic carbocycles. The Morgan fingerprint density at radius 3 is 2.81 bits per heavy atom. The second kappa shape index (κ2) is 5.83. The highest BCUT2D eigenvalue weighted by Gasteiger charge is 2.17. The average Bonchev–Trinajstić information content (AvgIpc) is 2.73. The number of rotatable bonds is 6. The van der Waals surface area contributed by atoms with E-state index in [0.29, 0.717) is 13.0 Å². The highest BCUT2D eigenvalue weighted by molar-refractivity contribution is 7.89. The van der Waals surface area contributed by atoms with Gasteiger partial charge in [0.25, 0.3) is 10.0 Å². The summed E-state index contributed by atoms with van der Waals surface area (Å²) in [5.74, 6) is 0.230. The van der Waals surface area contributed by atoms with Crippen LogP contribution in [0.1, 0.15) is 19.1 Å². The summed E-state index contributed by atoms with van der Waals surface area (Å²) in [6.45, 7) is 1.88. The maximum atomic E-state index is 11.6. The van der Waals surface area contributed by atoms with E-state index in [1.54, 1.807) is 0 Å². The van der Waals surface area contributed by atoms with Crippen molar-refractivity contribution in [3.8, 4) is 0 Å².